The number of hydrogen-bond donors (Lipinski definition) is 1. The van der Waals surface area contributed by atoms with E-state index in [2.05, 4.69) is 31.3 Å². The summed E-state index contributed by atoms with van der Waals surface area (Å²) in [6.07, 6.45) is 6.45. The highest BCUT2D eigenvalue weighted by Crippen LogP contribution is 2.28. The Bertz CT molecular complexity index is 447. The Balaban J connectivity index is 1.94. The van der Waals surface area contributed by atoms with Crippen LogP contribution in [0.2, 0.25) is 0 Å². The van der Waals surface area contributed by atoms with Crippen molar-refractivity contribution in [2.24, 2.45) is 5.92 Å². The van der Waals surface area contributed by atoms with E-state index in [1.165, 1.54) is 31.2 Å². The third-order valence-electron chi connectivity index (χ3n) is 4.60. The van der Waals surface area contributed by atoms with Crippen molar-refractivity contribution >= 4 is 0 Å². The van der Waals surface area contributed by atoms with Crippen LogP contribution in [0.15, 0.2) is 18.2 Å². The van der Waals surface area contributed by atoms with Gasteiger partial charge in [-0.2, -0.15) is 0 Å². The van der Waals surface area contributed by atoms with Gasteiger partial charge in [0, 0.05) is 12.1 Å². The van der Waals surface area contributed by atoms with Gasteiger partial charge in [-0.05, 0) is 49.8 Å². The van der Waals surface area contributed by atoms with E-state index in [1.54, 1.807) is 14.2 Å². The van der Waals surface area contributed by atoms with Gasteiger partial charge in [-0.1, -0.05) is 25.8 Å². The maximum absolute atomic E-state index is 5.38. The highest BCUT2D eigenvalue weighted by Gasteiger charge is 2.22. The third kappa shape index (κ3) is 4.37. The van der Waals surface area contributed by atoms with Crippen LogP contribution >= 0.6 is 0 Å². The Kier molecular flexibility index (Phi) is 5.92. The second-order valence-electron chi connectivity index (χ2n) is 6.33. The van der Waals surface area contributed by atoms with Crippen molar-refractivity contribution in [1.29, 1.82) is 0 Å². The smallest absolute Gasteiger partial charge is 0.160 e. The molecule has 1 fully saturated rings. The van der Waals surface area contributed by atoms with Crippen LogP contribution in [0.3, 0.4) is 0 Å². The zero-order valence-electron chi connectivity index (χ0n) is 13.8. The molecule has 1 aromatic carbocycles. The van der Waals surface area contributed by atoms with Crippen molar-refractivity contribution in [3.63, 3.8) is 0 Å². The summed E-state index contributed by atoms with van der Waals surface area (Å²) in [4.78, 5) is 0. The molecule has 0 bridgehead atoms. The minimum atomic E-state index is 0.480. The summed E-state index contributed by atoms with van der Waals surface area (Å²) in [5, 5.41) is 3.81. The zero-order valence-corrected chi connectivity index (χ0v) is 13.8. The van der Waals surface area contributed by atoms with E-state index in [0.717, 1.165) is 23.8 Å². The van der Waals surface area contributed by atoms with Gasteiger partial charge in [0.1, 0.15) is 0 Å². The average molecular weight is 291 g/mol. The summed E-state index contributed by atoms with van der Waals surface area (Å²) in [6, 6.07) is 7.36. The van der Waals surface area contributed by atoms with Crippen molar-refractivity contribution in [3.05, 3.63) is 23.8 Å². The molecule has 1 saturated carbocycles. The van der Waals surface area contributed by atoms with Crippen LogP contribution in [-0.2, 0) is 6.42 Å². The number of rotatable bonds is 6. The molecule has 0 radical (unpaired) electrons. The van der Waals surface area contributed by atoms with E-state index < -0.39 is 0 Å². The van der Waals surface area contributed by atoms with Gasteiger partial charge in [-0.25, -0.2) is 0 Å². The predicted octanol–water partition coefficient (Wildman–Crippen LogP) is 3.80. The highest BCUT2D eigenvalue weighted by atomic mass is 16.5. The van der Waals surface area contributed by atoms with E-state index in [1.807, 2.05) is 6.07 Å². The van der Waals surface area contributed by atoms with Crippen LogP contribution in [0.25, 0.3) is 0 Å². The Morgan fingerprint density at radius 1 is 1.14 bits per heavy atom. The number of methoxy groups -OCH3 is 2. The first-order chi connectivity index (χ1) is 10.1. The molecule has 1 aromatic rings. The van der Waals surface area contributed by atoms with Crippen LogP contribution < -0.4 is 14.8 Å². The largest absolute Gasteiger partial charge is 0.493 e. The first kappa shape index (κ1) is 16.2. The molecule has 118 valence electrons. The van der Waals surface area contributed by atoms with Crippen molar-refractivity contribution in [2.45, 2.75) is 58.0 Å². The summed E-state index contributed by atoms with van der Waals surface area (Å²) in [5.41, 5.74) is 1.29. The molecule has 0 heterocycles. The third-order valence-corrected chi connectivity index (χ3v) is 4.60. The summed E-state index contributed by atoms with van der Waals surface area (Å²) in [5.74, 6) is 2.41. The number of ether oxygens (including phenoxy) is 2. The predicted molar refractivity (Wildman–Crippen MR) is 87.3 cm³/mol. The molecular formula is C18H29NO2. The van der Waals surface area contributed by atoms with Gasteiger partial charge in [-0.3, -0.25) is 0 Å². The first-order valence-corrected chi connectivity index (χ1v) is 8.11. The topological polar surface area (TPSA) is 30.5 Å². The monoisotopic (exact) mass is 291 g/mol. The molecule has 1 aliphatic carbocycles. The van der Waals surface area contributed by atoms with Gasteiger partial charge in [0.25, 0.3) is 0 Å². The molecule has 0 amide bonds. The van der Waals surface area contributed by atoms with Crippen molar-refractivity contribution in [3.8, 4) is 11.5 Å². The Hall–Kier alpha value is -1.22. The summed E-state index contributed by atoms with van der Waals surface area (Å²) in [7, 11) is 3.36. The zero-order chi connectivity index (χ0) is 15.2. The van der Waals surface area contributed by atoms with Crippen LogP contribution in [-0.4, -0.2) is 26.3 Å². The molecule has 0 aliphatic heterocycles. The van der Waals surface area contributed by atoms with Gasteiger partial charge in [0.2, 0.25) is 0 Å². The Morgan fingerprint density at radius 3 is 2.52 bits per heavy atom. The second-order valence-corrected chi connectivity index (χ2v) is 6.33. The van der Waals surface area contributed by atoms with E-state index in [4.69, 9.17) is 9.47 Å². The first-order valence-electron chi connectivity index (χ1n) is 8.11. The maximum Gasteiger partial charge on any atom is 0.160 e. The molecule has 3 nitrogen and oxygen atoms in total. The minimum Gasteiger partial charge on any atom is -0.493 e. The van der Waals surface area contributed by atoms with Gasteiger partial charge in [-0.15, -0.1) is 0 Å². The molecule has 0 spiro atoms. The maximum atomic E-state index is 5.38. The van der Waals surface area contributed by atoms with Crippen LogP contribution in [0, 0.1) is 5.92 Å². The molecule has 3 heteroatoms. The number of benzene rings is 1. The van der Waals surface area contributed by atoms with Gasteiger partial charge in [0.05, 0.1) is 14.2 Å². The normalized spacial score (nSPS) is 23.6. The Labute approximate surface area is 129 Å². The molecule has 21 heavy (non-hydrogen) atoms. The fourth-order valence-electron chi connectivity index (χ4n) is 3.35. The fraction of sp³-hybridized carbons (Fsp3) is 0.667. The van der Waals surface area contributed by atoms with E-state index in [-0.39, 0.29) is 0 Å². The summed E-state index contributed by atoms with van der Waals surface area (Å²) < 4.78 is 10.7. The standard InChI is InChI=1S/C18H29NO2/c1-13-7-5-6-8-16(13)19-14(2)11-15-9-10-17(20-3)18(12-15)21-4/h9-10,12-14,16,19H,5-8,11H2,1-4H3/t13-,14-,16+/m0/s1. The lowest BCUT2D eigenvalue weighted by molar-refractivity contribution is 0.262. The van der Waals surface area contributed by atoms with E-state index >= 15 is 0 Å². The summed E-state index contributed by atoms with van der Waals surface area (Å²) >= 11 is 0. The fourth-order valence-corrected chi connectivity index (χ4v) is 3.35. The highest BCUT2D eigenvalue weighted by molar-refractivity contribution is 5.43. The molecule has 2 rings (SSSR count). The molecule has 0 unspecified atom stereocenters. The number of nitrogens with one attached hydrogen (secondary N) is 1. The quantitative estimate of drug-likeness (QED) is 0.864. The van der Waals surface area contributed by atoms with Gasteiger partial charge < -0.3 is 14.8 Å². The second kappa shape index (κ2) is 7.69. The van der Waals surface area contributed by atoms with Crippen molar-refractivity contribution in [2.75, 3.05) is 14.2 Å². The van der Waals surface area contributed by atoms with Crippen molar-refractivity contribution in [1.82, 2.24) is 5.32 Å². The molecule has 1 aliphatic rings. The van der Waals surface area contributed by atoms with E-state index in [9.17, 15) is 0 Å². The van der Waals surface area contributed by atoms with Crippen LogP contribution in [0.5, 0.6) is 11.5 Å². The lowest BCUT2D eigenvalue weighted by atomic mass is 9.85. The average Bonchev–Trinajstić information content (AvgIpc) is 2.49. The van der Waals surface area contributed by atoms with Crippen LogP contribution in [0.1, 0.15) is 45.1 Å². The Morgan fingerprint density at radius 2 is 1.86 bits per heavy atom. The summed E-state index contributed by atoms with van der Waals surface area (Å²) in [6.45, 7) is 4.65. The molecule has 0 aromatic heterocycles. The number of hydrogen-bond acceptors (Lipinski definition) is 3. The molecule has 3 atom stereocenters. The lowest BCUT2D eigenvalue weighted by Crippen LogP contribution is -2.43. The SMILES string of the molecule is COc1ccc(C[C@H](C)N[C@@H]2CCCC[C@@H]2C)cc1OC. The molecule has 0 saturated heterocycles. The van der Waals surface area contributed by atoms with Gasteiger partial charge >= 0.3 is 0 Å². The van der Waals surface area contributed by atoms with Crippen LogP contribution in [0.4, 0.5) is 0 Å². The molecular weight excluding hydrogens is 262 g/mol. The minimum absolute atomic E-state index is 0.480. The lowest BCUT2D eigenvalue weighted by Gasteiger charge is -2.32. The van der Waals surface area contributed by atoms with E-state index in [0.29, 0.717) is 12.1 Å². The van der Waals surface area contributed by atoms with Crippen molar-refractivity contribution < 1.29 is 9.47 Å². The molecule has 1 N–H and O–H groups in total. The van der Waals surface area contributed by atoms with Gasteiger partial charge in [0.15, 0.2) is 11.5 Å².